The molecule has 3 unspecified atom stereocenters. The molecule has 0 aromatic rings. The van der Waals surface area contributed by atoms with Crippen molar-refractivity contribution in [2.45, 2.75) is 103 Å². The van der Waals surface area contributed by atoms with Crippen molar-refractivity contribution < 1.29 is 38.1 Å². The molecule has 13 heteroatoms. The van der Waals surface area contributed by atoms with E-state index in [0.29, 0.717) is 65.2 Å². The summed E-state index contributed by atoms with van der Waals surface area (Å²) in [7, 11) is 0. The van der Waals surface area contributed by atoms with Crippen molar-refractivity contribution in [2.75, 3.05) is 45.9 Å². The van der Waals surface area contributed by atoms with Gasteiger partial charge in [0.1, 0.15) is 17.5 Å². The molecule has 13 nitrogen and oxygen atoms in total. The second-order valence-corrected chi connectivity index (χ2v) is 12.6. The number of nitrogens with two attached hydrogens (primary N) is 1. The highest BCUT2D eigenvalue weighted by molar-refractivity contribution is 5.87. The largest absolute Gasteiger partial charge is 0.466 e. The van der Waals surface area contributed by atoms with Crippen molar-refractivity contribution in [2.24, 2.45) is 11.1 Å². The minimum absolute atomic E-state index is 0.141. The molecule has 3 N–H and O–H groups in total. The first-order chi connectivity index (χ1) is 19.8. The lowest BCUT2D eigenvalue weighted by molar-refractivity contribution is -0.149. The van der Waals surface area contributed by atoms with Crippen LogP contribution in [0.1, 0.15) is 79.6 Å². The molecule has 3 atom stereocenters. The van der Waals surface area contributed by atoms with Gasteiger partial charge in [-0.1, -0.05) is 0 Å². The van der Waals surface area contributed by atoms with Gasteiger partial charge in [0.2, 0.25) is 0 Å². The minimum atomic E-state index is -0.672. The van der Waals surface area contributed by atoms with E-state index in [4.69, 9.17) is 30.1 Å². The van der Waals surface area contributed by atoms with Gasteiger partial charge < -0.3 is 29.6 Å². The maximum absolute atomic E-state index is 12.9. The molecule has 238 valence electrons. The zero-order valence-corrected chi connectivity index (χ0v) is 25.8. The summed E-state index contributed by atoms with van der Waals surface area (Å²) in [6.07, 6.45) is 2.16. The summed E-state index contributed by atoms with van der Waals surface area (Å²) in [5, 5.41) is 8.07. The molecular formula is C29H49N5O8. The lowest BCUT2D eigenvalue weighted by Crippen LogP contribution is -2.57. The highest BCUT2D eigenvalue weighted by Gasteiger charge is 2.44. The van der Waals surface area contributed by atoms with E-state index >= 15 is 0 Å². The fraction of sp³-hybridized carbons (Fsp3) is 0.828. The average Bonchev–Trinajstić information content (AvgIpc) is 3.27. The number of cyclic esters (lactones) is 1. The number of carbonyl (C=O) groups excluding carboxylic acids is 4. The van der Waals surface area contributed by atoms with Crippen molar-refractivity contribution in [3.63, 3.8) is 0 Å². The van der Waals surface area contributed by atoms with Crippen LogP contribution in [-0.4, -0.2) is 114 Å². The van der Waals surface area contributed by atoms with Crippen LogP contribution in [0, 0.1) is 10.8 Å². The van der Waals surface area contributed by atoms with Crippen LogP contribution >= 0.6 is 0 Å². The van der Waals surface area contributed by atoms with Gasteiger partial charge in [0.05, 0.1) is 32.2 Å². The van der Waals surface area contributed by atoms with Gasteiger partial charge in [-0.05, 0) is 85.2 Å². The van der Waals surface area contributed by atoms with Crippen molar-refractivity contribution in [1.29, 1.82) is 5.41 Å². The van der Waals surface area contributed by atoms with E-state index in [0.717, 1.165) is 12.8 Å². The first-order valence-electron chi connectivity index (χ1n) is 15.1. The molecule has 0 aliphatic carbocycles. The van der Waals surface area contributed by atoms with Gasteiger partial charge >= 0.3 is 24.1 Å². The summed E-state index contributed by atoms with van der Waals surface area (Å²) < 4.78 is 21.6. The van der Waals surface area contributed by atoms with Crippen LogP contribution in [0.4, 0.5) is 9.59 Å². The summed E-state index contributed by atoms with van der Waals surface area (Å²) >= 11 is 0. The number of hydrogen-bond donors (Lipinski definition) is 2. The molecule has 0 bridgehead atoms. The van der Waals surface area contributed by atoms with Crippen LogP contribution in [0.2, 0.25) is 0 Å². The molecule has 2 amide bonds. The summed E-state index contributed by atoms with van der Waals surface area (Å²) in [5.74, 6) is -0.654. The Balaban J connectivity index is 1.56. The van der Waals surface area contributed by atoms with E-state index in [1.54, 1.807) is 39.5 Å². The summed E-state index contributed by atoms with van der Waals surface area (Å²) in [4.78, 5) is 55.5. The predicted molar refractivity (Wildman–Crippen MR) is 154 cm³/mol. The number of ether oxygens (including phenoxy) is 4. The van der Waals surface area contributed by atoms with Gasteiger partial charge in [-0.3, -0.25) is 24.8 Å². The van der Waals surface area contributed by atoms with Gasteiger partial charge in [-0.15, -0.1) is 0 Å². The zero-order chi connectivity index (χ0) is 31.1. The summed E-state index contributed by atoms with van der Waals surface area (Å²) in [6, 6.07) is -0.869. The van der Waals surface area contributed by atoms with E-state index in [1.165, 1.54) is 4.90 Å². The molecule has 0 aromatic heterocycles. The Hall–Kier alpha value is -3.09. The third-order valence-electron chi connectivity index (χ3n) is 8.27. The third-order valence-corrected chi connectivity index (χ3v) is 8.27. The Morgan fingerprint density at radius 2 is 1.71 bits per heavy atom. The van der Waals surface area contributed by atoms with Crippen molar-refractivity contribution in [3.8, 4) is 0 Å². The molecular weight excluding hydrogens is 546 g/mol. The molecule has 3 rings (SSSR count). The number of carbonyl (C=O) groups is 4. The van der Waals surface area contributed by atoms with Crippen LogP contribution in [0.5, 0.6) is 0 Å². The van der Waals surface area contributed by atoms with Crippen molar-refractivity contribution in [3.05, 3.63) is 0 Å². The molecule has 3 heterocycles. The predicted octanol–water partition coefficient (Wildman–Crippen LogP) is 2.89. The number of likely N-dealkylation sites (tertiary alicyclic amines) is 2. The number of nitrogens with zero attached hydrogens (tertiary/aromatic N) is 3. The molecule has 3 aliphatic heterocycles. The number of piperidine rings is 2. The van der Waals surface area contributed by atoms with Crippen molar-refractivity contribution >= 4 is 30.0 Å². The zero-order valence-electron chi connectivity index (χ0n) is 25.8. The Morgan fingerprint density at radius 1 is 1.07 bits per heavy atom. The highest BCUT2D eigenvalue weighted by Crippen LogP contribution is 2.40. The van der Waals surface area contributed by atoms with E-state index in [1.807, 2.05) is 0 Å². The normalized spacial score (nSPS) is 24.6. The lowest BCUT2D eigenvalue weighted by Gasteiger charge is -2.42. The fourth-order valence-corrected chi connectivity index (χ4v) is 6.13. The van der Waals surface area contributed by atoms with E-state index in [-0.39, 0.29) is 48.2 Å². The molecule has 0 radical (unpaired) electrons. The van der Waals surface area contributed by atoms with Crippen LogP contribution < -0.4 is 5.73 Å². The second-order valence-electron chi connectivity index (χ2n) is 12.6. The van der Waals surface area contributed by atoms with Crippen LogP contribution in [0.15, 0.2) is 0 Å². The molecule has 0 saturated carbocycles. The lowest BCUT2D eigenvalue weighted by atomic mass is 9.72. The van der Waals surface area contributed by atoms with Gasteiger partial charge in [0, 0.05) is 25.6 Å². The molecule has 3 aliphatic rings. The topological polar surface area (TPSA) is 165 Å². The summed E-state index contributed by atoms with van der Waals surface area (Å²) in [6.45, 7) is 12.2. The number of amides is 2. The maximum atomic E-state index is 12.9. The molecule has 0 spiro atoms. The van der Waals surface area contributed by atoms with E-state index < -0.39 is 23.8 Å². The van der Waals surface area contributed by atoms with Gasteiger partial charge in [0.25, 0.3) is 0 Å². The van der Waals surface area contributed by atoms with E-state index in [2.05, 4.69) is 4.90 Å². The number of amidine groups is 1. The number of nitrogens with one attached hydrogen (secondary N) is 1. The van der Waals surface area contributed by atoms with Gasteiger partial charge in [0.15, 0.2) is 0 Å². The monoisotopic (exact) mass is 595 g/mol. The number of rotatable bonds is 11. The first-order valence-corrected chi connectivity index (χ1v) is 15.1. The van der Waals surface area contributed by atoms with Crippen molar-refractivity contribution in [1.82, 2.24) is 14.7 Å². The second kappa shape index (κ2) is 14.4. The fourth-order valence-electron chi connectivity index (χ4n) is 6.13. The van der Waals surface area contributed by atoms with Gasteiger partial charge in [-0.25, -0.2) is 9.59 Å². The first kappa shape index (κ1) is 33.4. The Bertz CT molecular complexity index is 991. The van der Waals surface area contributed by atoms with E-state index in [9.17, 15) is 19.2 Å². The maximum Gasteiger partial charge on any atom is 0.410 e. The van der Waals surface area contributed by atoms with Crippen LogP contribution in [0.25, 0.3) is 0 Å². The Morgan fingerprint density at radius 3 is 2.31 bits per heavy atom. The molecule has 0 aromatic carbocycles. The van der Waals surface area contributed by atoms with Crippen LogP contribution in [0.3, 0.4) is 0 Å². The standard InChI is InChI=1S/C29H49N5O8/c1-6-39-23(35)8-10-29(17-24(36)40-7-2)11-14-32(15-12-29)18-21-19-34(26(37)41-21)20-9-13-33(22(16-20)25(30)31)27(38)42-28(3,4)5/h20-22H,6-19H2,1-5H3,(H3,30,31). The minimum Gasteiger partial charge on any atom is -0.466 e. The molecule has 3 fully saturated rings. The number of hydrogen-bond acceptors (Lipinski definition) is 10. The molecule has 3 saturated heterocycles. The molecule has 42 heavy (non-hydrogen) atoms. The smallest absolute Gasteiger partial charge is 0.410 e. The average molecular weight is 596 g/mol. The quantitative estimate of drug-likeness (QED) is 0.157. The van der Waals surface area contributed by atoms with Gasteiger partial charge in [-0.2, -0.15) is 0 Å². The highest BCUT2D eigenvalue weighted by atomic mass is 16.6. The number of esters is 2. The Labute approximate surface area is 248 Å². The third kappa shape index (κ3) is 9.20. The Kier molecular flexibility index (Phi) is 11.4. The summed E-state index contributed by atoms with van der Waals surface area (Å²) in [5.41, 5.74) is 4.86. The van der Waals surface area contributed by atoms with Crippen LogP contribution in [-0.2, 0) is 28.5 Å². The SMILES string of the molecule is CCOC(=O)CCC1(CC(=O)OCC)CCN(CC2CN(C3CCN(C(=O)OC(C)(C)C)C(C(=N)N)C3)C(=O)O2)CC1.